The zero-order valence-corrected chi connectivity index (χ0v) is 21.5. The molecule has 8 nitrogen and oxygen atoms in total. The molecule has 3 rings (SSSR count). The predicted molar refractivity (Wildman–Crippen MR) is 133 cm³/mol. The van der Waals surface area contributed by atoms with Crippen molar-refractivity contribution in [3.05, 3.63) is 66.0 Å². The molecule has 2 aromatic rings. The molecular formula is C26H35FN2O6S. The molecule has 0 spiro atoms. The highest BCUT2D eigenvalue weighted by molar-refractivity contribution is 7.89. The molecule has 3 atom stereocenters. The van der Waals surface area contributed by atoms with Crippen LogP contribution >= 0.6 is 0 Å². The van der Waals surface area contributed by atoms with Gasteiger partial charge in [0.05, 0.1) is 29.8 Å². The quantitative estimate of drug-likeness (QED) is 0.419. The van der Waals surface area contributed by atoms with Crippen LogP contribution < -0.4 is 5.32 Å². The molecule has 10 heteroatoms. The van der Waals surface area contributed by atoms with Crippen molar-refractivity contribution >= 4 is 15.9 Å². The molecule has 1 aliphatic rings. The second kappa shape index (κ2) is 13.3. The van der Waals surface area contributed by atoms with Gasteiger partial charge in [0.25, 0.3) is 0 Å². The first-order valence-corrected chi connectivity index (χ1v) is 13.6. The summed E-state index contributed by atoms with van der Waals surface area (Å²) in [5.41, 5.74) is 0.878. The molecule has 0 unspecified atom stereocenters. The zero-order valence-electron chi connectivity index (χ0n) is 20.7. The molecule has 2 aromatic carbocycles. The van der Waals surface area contributed by atoms with Crippen LogP contribution in [0.3, 0.4) is 0 Å². The van der Waals surface area contributed by atoms with E-state index >= 15 is 0 Å². The van der Waals surface area contributed by atoms with Crippen LogP contribution in [0.5, 0.6) is 0 Å². The standard InChI is InChI=1S/C26H35FN2O6S/c1-19(2)15-29(36(32,33)23-10-8-21(27)9-11-23)16-25(30)24(14-20-6-4-3-5-7-20)28-26(31)18-35-22-12-13-34-17-22/h3-11,19,22,24-25,30H,12-18H2,1-2H3,(H,28,31)/t22-,24-,25+/m0/s1. The fourth-order valence-corrected chi connectivity index (χ4v) is 5.63. The number of nitrogens with zero attached hydrogens (tertiary/aromatic N) is 1. The predicted octanol–water partition coefficient (Wildman–Crippen LogP) is 2.37. The van der Waals surface area contributed by atoms with Crippen LogP contribution in [0, 0.1) is 11.7 Å². The van der Waals surface area contributed by atoms with Gasteiger partial charge in [0.15, 0.2) is 0 Å². The number of amides is 1. The average Bonchev–Trinajstić information content (AvgIpc) is 3.36. The molecule has 1 aliphatic heterocycles. The molecule has 0 aromatic heterocycles. The summed E-state index contributed by atoms with van der Waals surface area (Å²) in [6, 6.07) is 13.1. The minimum Gasteiger partial charge on any atom is -0.390 e. The summed E-state index contributed by atoms with van der Waals surface area (Å²) in [6.45, 7) is 4.49. The Balaban J connectivity index is 1.76. The molecule has 1 heterocycles. The first-order chi connectivity index (χ1) is 17.1. The topological polar surface area (TPSA) is 105 Å². The molecule has 1 amide bonds. The fourth-order valence-electron chi connectivity index (χ4n) is 4.01. The number of carbonyl (C=O) groups is 1. The smallest absolute Gasteiger partial charge is 0.246 e. The van der Waals surface area contributed by atoms with Gasteiger partial charge in [0, 0.05) is 19.7 Å². The number of sulfonamides is 1. The highest BCUT2D eigenvalue weighted by Crippen LogP contribution is 2.19. The lowest BCUT2D eigenvalue weighted by atomic mass is 10.0. The van der Waals surface area contributed by atoms with E-state index in [9.17, 15) is 22.7 Å². The van der Waals surface area contributed by atoms with E-state index in [1.54, 1.807) is 0 Å². The summed E-state index contributed by atoms with van der Waals surface area (Å²) >= 11 is 0. The number of benzene rings is 2. The maximum absolute atomic E-state index is 13.4. The molecule has 1 fully saturated rings. The van der Waals surface area contributed by atoms with Crippen LogP contribution in [-0.2, 0) is 30.7 Å². The summed E-state index contributed by atoms with van der Waals surface area (Å²) in [4.78, 5) is 12.6. The van der Waals surface area contributed by atoms with Crippen molar-refractivity contribution in [3.63, 3.8) is 0 Å². The second-order valence-electron chi connectivity index (χ2n) is 9.40. The largest absolute Gasteiger partial charge is 0.390 e. The third kappa shape index (κ3) is 8.35. The summed E-state index contributed by atoms with van der Waals surface area (Å²) < 4.78 is 52.1. The molecule has 36 heavy (non-hydrogen) atoms. The van der Waals surface area contributed by atoms with Gasteiger partial charge in [-0.05, 0) is 48.6 Å². The number of rotatable bonds is 13. The monoisotopic (exact) mass is 522 g/mol. The Kier molecular flexibility index (Phi) is 10.4. The van der Waals surface area contributed by atoms with Crippen molar-refractivity contribution in [1.82, 2.24) is 9.62 Å². The van der Waals surface area contributed by atoms with Crippen molar-refractivity contribution in [2.75, 3.05) is 32.9 Å². The third-order valence-electron chi connectivity index (χ3n) is 5.86. The summed E-state index contributed by atoms with van der Waals surface area (Å²) in [6.07, 6.45) is -0.338. The van der Waals surface area contributed by atoms with E-state index in [4.69, 9.17) is 9.47 Å². The molecule has 2 N–H and O–H groups in total. The molecule has 198 valence electrons. The first kappa shape index (κ1) is 28.2. The van der Waals surface area contributed by atoms with Gasteiger partial charge < -0.3 is 19.9 Å². The molecule has 0 saturated carbocycles. The van der Waals surface area contributed by atoms with Crippen LogP contribution in [0.2, 0.25) is 0 Å². The number of nitrogens with one attached hydrogen (secondary N) is 1. The molecule has 0 bridgehead atoms. The van der Waals surface area contributed by atoms with Crippen LogP contribution in [0.1, 0.15) is 25.8 Å². The zero-order chi connectivity index (χ0) is 26.1. The van der Waals surface area contributed by atoms with Gasteiger partial charge in [-0.1, -0.05) is 44.2 Å². The van der Waals surface area contributed by atoms with Crippen LogP contribution in [-0.4, -0.2) is 74.9 Å². The average molecular weight is 523 g/mol. The van der Waals surface area contributed by atoms with Crippen molar-refractivity contribution in [3.8, 4) is 0 Å². The highest BCUT2D eigenvalue weighted by atomic mass is 32.2. The highest BCUT2D eigenvalue weighted by Gasteiger charge is 2.31. The van der Waals surface area contributed by atoms with Crippen LogP contribution in [0.4, 0.5) is 4.39 Å². The van der Waals surface area contributed by atoms with Gasteiger partial charge in [-0.15, -0.1) is 0 Å². The van der Waals surface area contributed by atoms with Gasteiger partial charge in [-0.2, -0.15) is 4.31 Å². The Labute approximate surface area is 212 Å². The minimum atomic E-state index is -4.01. The summed E-state index contributed by atoms with van der Waals surface area (Å²) in [5.74, 6) is -0.975. The second-order valence-corrected chi connectivity index (χ2v) is 11.3. The number of aliphatic hydroxyl groups is 1. The van der Waals surface area contributed by atoms with E-state index in [1.807, 2.05) is 44.2 Å². The first-order valence-electron chi connectivity index (χ1n) is 12.1. The van der Waals surface area contributed by atoms with Crippen molar-refractivity contribution < 1.29 is 32.2 Å². The lowest BCUT2D eigenvalue weighted by Crippen LogP contribution is -2.51. The maximum atomic E-state index is 13.4. The number of halogens is 1. The number of hydrogen-bond acceptors (Lipinski definition) is 6. The Bertz CT molecular complexity index is 1060. The SMILES string of the molecule is CC(C)CN(C[C@@H](O)[C@H](Cc1ccccc1)NC(=O)CO[C@H]1CCOC1)S(=O)(=O)c1ccc(F)cc1. The van der Waals surface area contributed by atoms with E-state index in [0.29, 0.717) is 19.6 Å². The Morgan fingerprint density at radius 1 is 1.17 bits per heavy atom. The summed E-state index contributed by atoms with van der Waals surface area (Å²) in [7, 11) is -4.01. The number of aliphatic hydroxyl groups excluding tert-OH is 1. The van der Waals surface area contributed by atoms with Crippen LogP contribution in [0.25, 0.3) is 0 Å². The normalized spacial score (nSPS) is 17.9. The van der Waals surface area contributed by atoms with Crippen molar-refractivity contribution in [2.24, 2.45) is 5.92 Å². The lowest BCUT2D eigenvalue weighted by molar-refractivity contribution is -0.129. The summed E-state index contributed by atoms with van der Waals surface area (Å²) in [5, 5.41) is 14.0. The van der Waals surface area contributed by atoms with Gasteiger partial charge in [0.2, 0.25) is 15.9 Å². The van der Waals surface area contributed by atoms with E-state index in [1.165, 1.54) is 16.4 Å². The van der Waals surface area contributed by atoms with Crippen molar-refractivity contribution in [1.29, 1.82) is 0 Å². The fraction of sp³-hybridized carbons (Fsp3) is 0.500. The van der Waals surface area contributed by atoms with Gasteiger partial charge in [0.1, 0.15) is 12.4 Å². The van der Waals surface area contributed by atoms with E-state index in [2.05, 4.69) is 5.32 Å². The van der Waals surface area contributed by atoms with Gasteiger partial charge in [-0.3, -0.25) is 4.79 Å². The van der Waals surface area contributed by atoms with E-state index < -0.39 is 33.9 Å². The van der Waals surface area contributed by atoms with E-state index in [0.717, 1.165) is 24.1 Å². The number of ether oxygens (including phenoxy) is 2. The molecule has 0 radical (unpaired) electrons. The Morgan fingerprint density at radius 3 is 2.47 bits per heavy atom. The maximum Gasteiger partial charge on any atom is 0.246 e. The van der Waals surface area contributed by atoms with Gasteiger partial charge >= 0.3 is 0 Å². The molecule has 1 saturated heterocycles. The lowest BCUT2D eigenvalue weighted by Gasteiger charge is -2.31. The van der Waals surface area contributed by atoms with Crippen LogP contribution in [0.15, 0.2) is 59.5 Å². The van der Waals surface area contributed by atoms with Gasteiger partial charge in [-0.25, -0.2) is 12.8 Å². The Hall–Kier alpha value is -2.37. The van der Waals surface area contributed by atoms with Crippen molar-refractivity contribution in [2.45, 2.75) is 49.8 Å². The molecular weight excluding hydrogens is 487 g/mol. The third-order valence-corrected chi connectivity index (χ3v) is 7.70. The molecule has 0 aliphatic carbocycles. The number of carbonyl (C=O) groups excluding carboxylic acids is 1. The Morgan fingerprint density at radius 2 is 1.86 bits per heavy atom. The van der Waals surface area contributed by atoms with E-state index in [-0.39, 0.29) is 36.6 Å². The minimum absolute atomic E-state index is 0.0309. The number of hydrogen-bond donors (Lipinski definition) is 2.